The van der Waals surface area contributed by atoms with E-state index in [0.29, 0.717) is 48.5 Å². The van der Waals surface area contributed by atoms with Crippen molar-refractivity contribution in [2.75, 3.05) is 0 Å². The Balaban J connectivity index is 1.45. The SMILES string of the molecule is CCc1nn(CCCC(=O)NCc2ccccc2Cl)c(=O)c2cc3oc(C)cc3n12. The predicted octanol–water partition coefficient (Wildman–Crippen LogP) is 3.86. The number of aromatic nitrogens is 3. The van der Waals surface area contributed by atoms with E-state index in [0.717, 1.165) is 22.7 Å². The normalized spacial score (nSPS) is 11.4. The number of nitrogens with zero attached hydrogens (tertiary/aromatic N) is 3. The zero-order chi connectivity index (χ0) is 21.3. The van der Waals surface area contributed by atoms with E-state index < -0.39 is 0 Å². The minimum atomic E-state index is -0.187. The Bertz CT molecular complexity index is 1290. The van der Waals surface area contributed by atoms with Gasteiger partial charge in [-0.1, -0.05) is 36.7 Å². The number of hydrogen-bond acceptors (Lipinski definition) is 4. The number of halogens is 1. The lowest BCUT2D eigenvalue weighted by atomic mass is 10.2. The Morgan fingerprint density at radius 1 is 1.23 bits per heavy atom. The van der Waals surface area contributed by atoms with E-state index >= 15 is 0 Å². The molecule has 3 aromatic heterocycles. The lowest BCUT2D eigenvalue weighted by molar-refractivity contribution is -0.121. The zero-order valence-electron chi connectivity index (χ0n) is 16.9. The van der Waals surface area contributed by atoms with E-state index in [4.69, 9.17) is 16.0 Å². The van der Waals surface area contributed by atoms with Crippen LogP contribution in [0.1, 0.15) is 36.9 Å². The number of hydrogen-bond donors (Lipinski definition) is 1. The van der Waals surface area contributed by atoms with Crippen LogP contribution in [-0.2, 0) is 24.3 Å². The summed E-state index contributed by atoms with van der Waals surface area (Å²) in [6, 6.07) is 11.1. The number of aryl methyl sites for hydroxylation is 3. The summed E-state index contributed by atoms with van der Waals surface area (Å²) in [4.78, 5) is 25.1. The summed E-state index contributed by atoms with van der Waals surface area (Å²) in [6.07, 6.45) is 1.48. The predicted molar refractivity (Wildman–Crippen MR) is 116 cm³/mol. The first-order chi connectivity index (χ1) is 14.5. The van der Waals surface area contributed by atoms with Crippen molar-refractivity contribution in [1.29, 1.82) is 0 Å². The van der Waals surface area contributed by atoms with Gasteiger partial charge < -0.3 is 9.73 Å². The van der Waals surface area contributed by atoms with Crippen molar-refractivity contribution in [1.82, 2.24) is 19.5 Å². The van der Waals surface area contributed by atoms with Crippen LogP contribution < -0.4 is 10.9 Å². The number of carbonyl (C=O) groups is 1. The average molecular weight is 427 g/mol. The standard InChI is InChI=1S/C22H23ClN4O3/c1-3-20-25-26(22(29)18-12-19-17(27(18)20)11-14(2)30-19)10-6-9-21(28)24-13-15-7-4-5-8-16(15)23/h4-5,7-8,11-12H,3,6,9-10,13H2,1-2H3,(H,24,28). The summed E-state index contributed by atoms with van der Waals surface area (Å²) in [6.45, 7) is 4.62. The molecule has 3 heterocycles. The molecule has 1 N–H and O–H groups in total. The minimum Gasteiger partial charge on any atom is -0.460 e. The molecule has 0 spiro atoms. The van der Waals surface area contributed by atoms with E-state index in [1.54, 1.807) is 12.1 Å². The second-order valence-electron chi connectivity index (χ2n) is 7.24. The van der Waals surface area contributed by atoms with Crippen LogP contribution in [0.2, 0.25) is 5.02 Å². The maximum Gasteiger partial charge on any atom is 0.291 e. The highest BCUT2D eigenvalue weighted by Crippen LogP contribution is 2.23. The van der Waals surface area contributed by atoms with Crippen LogP contribution in [0.4, 0.5) is 0 Å². The maximum absolute atomic E-state index is 12.9. The Labute approximate surface area is 178 Å². The molecule has 0 aliphatic carbocycles. The molecular weight excluding hydrogens is 404 g/mol. The van der Waals surface area contributed by atoms with Gasteiger partial charge in [0.25, 0.3) is 5.56 Å². The third-order valence-electron chi connectivity index (χ3n) is 5.08. The van der Waals surface area contributed by atoms with Gasteiger partial charge in [0.15, 0.2) is 5.58 Å². The fraction of sp³-hybridized carbons (Fsp3) is 0.318. The molecule has 1 amide bonds. The lowest BCUT2D eigenvalue weighted by Crippen LogP contribution is -2.28. The monoisotopic (exact) mass is 426 g/mol. The Morgan fingerprint density at radius 2 is 2.03 bits per heavy atom. The highest BCUT2D eigenvalue weighted by Gasteiger charge is 2.16. The van der Waals surface area contributed by atoms with Crippen LogP contribution in [0.5, 0.6) is 0 Å². The molecule has 156 valence electrons. The molecule has 0 unspecified atom stereocenters. The highest BCUT2D eigenvalue weighted by molar-refractivity contribution is 6.31. The van der Waals surface area contributed by atoms with Gasteiger partial charge in [0, 0.05) is 43.1 Å². The van der Waals surface area contributed by atoms with Gasteiger partial charge >= 0.3 is 0 Å². The number of nitrogens with one attached hydrogen (secondary N) is 1. The van der Waals surface area contributed by atoms with Crippen LogP contribution in [0.15, 0.2) is 45.6 Å². The number of rotatable bonds is 7. The van der Waals surface area contributed by atoms with Gasteiger partial charge in [0.1, 0.15) is 17.1 Å². The Kier molecular flexibility index (Phi) is 5.63. The number of carbonyl (C=O) groups excluding carboxylic acids is 1. The summed E-state index contributed by atoms with van der Waals surface area (Å²) < 4.78 is 8.98. The van der Waals surface area contributed by atoms with Gasteiger partial charge in [-0.05, 0) is 25.0 Å². The number of fused-ring (bicyclic) bond motifs is 3. The van der Waals surface area contributed by atoms with Gasteiger partial charge in [-0.15, -0.1) is 0 Å². The fourth-order valence-electron chi connectivity index (χ4n) is 3.61. The van der Waals surface area contributed by atoms with Crippen molar-refractivity contribution in [2.24, 2.45) is 0 Å². The van der Waals surface area contributed by atoms with Crippen molar-refractivity contribution in [3.8, 4) is 0 Å². The van der Waals surface area contributed by atoms with E-state index in [-0.39, 0.29) is 11.5 Å². The topological polar surface area (TPSA) is 81.5 Å². The van der Waals surface area contributed by atoms with Crippen LogP contribution in [0, 0.1) is 6.92 Å². The summed E-state index contributed by atoms with van der Waals surface area (Å²) in [5.41, 5.74) is 2.76. The summed E-state index contributed by atoms with van der Waals surface area (Å²) in [5.74, 6) is 1.49. The zero-order valence-corrected chi connectivity index (χ0v) is 17.7. The molecule has 4 rings (SSSR count). The Hall–Kier alpha value is -3.06. The largest absolute Gasteiger partial charge is 0.460 e. The van der Waals surface area contributed by atoms with E-state index in [1.807, 2.05) is 42.5 Å². The lowest BCUT2D eigenvalue weighted by Gasteiger charge is -2.10. The van der Waals surface area contributed by atoms with Crippen LogP contribution in [0.25, 0.3) is 16.6 Å². The molecule has 1 aromatic carbocycles. The molecule has 0 radical (unpaired) electrons. The van der Waals surface area contributed by atoms with Crippen molar-refractivity contribution in [3.63, 3.8) is 0 Å². The maximum atomic E-state index is 12.9. The summed E-state index contributed by atoms with van der Waals surface area (Å²) >= 11 is 6.11. The molecule has 0 aliphatic heterocycles. The van der Waals surface area contributed by atoms with Gasteiger partial charge in [-0.25, -0.2) is 4.68 Å². The molecule has 0 fully saturated rings. The molecule has 0 atom stereocenters. The molecule has 7 nitrogen and oxygen atoms in total. The Morgan fingerprint density at radius 3 is 2.80 bits per heavy atom. The number of amides is 1. The molecule has 30 heavy (non-hydrogen) atoms. The molecule has 8 heteroatoms. The first-order valence-corrected chi connectivity index (χ1v) is 10.4. The summed E-state index contributed by atoms with van der Waals surface area (Å²) in [5, 5.41) is 8.02. The van der Waals surface area contributed by atoms with Gasteiger partial charge in [0.2, 0.25) is 5.91 Å². The van der Waals surface area contributed by atoms with E-state index in [1.165, 1.54) is 4.68 Å². The highest BCUT2D eigenvalue weighted by atomic mass is 35.5. The smallest absolute Gasteiger partial charge is 0.291 e. The second kappa shape index (κ2) is 8.36. The average Bonchev–Trinajstić information content (AvgIpc) is 3.25. The number of furan rings is 1. The van der Waals surface area contributed by atoms with Crippen molar-refractivity contribution in [2.45, 2.75) is 46.2 Å². The van der Waals surface area contributed by atoms with Crippen molar-refractivity contribution >= 4 is 34.1 Å². The molecule has 0 saturated carbocycles. The fourth-order valence-corrected chi connectivity index (χ4v) is 3.81. The van der Waals surface area contributed by atoms with Crippen molar-refractivity contribution in [3.05, 3.63) is 68.9 Å². The molecule has 0 bridgehead atoms. The first kappa shape index (κ1) is 20.2. The third kappa shape index (κ3) is 3.85. The first-order valence-electron chi connectivity index (χ1n) is 9.99. The summed E-state index contributed by atoms with van der Waals surface area (Å²) in [7, 11) is 0. The molecule has 0 saturated heterocycles. The van der Waals surface area contributed by atoms with E-state index in [2.05, 4.69) is 10.4 Å². The quantitative estimate of drug-likeness (QED) is 0.486. The van der Waals surface area contributed by atoms with Crippen molar-refractivity contribution < 1.29 is 9.21 Å². The third-order valence-corrected chi connectivity index (χ3v) is 5.45. The minimum absolute atomic E-state index is 0.0876. The molecular formula is C22H23ClN4O3. The van der Waals surface area contributed by atoms with Crippen LogP contribution in [0.3, 0.4) is 0 Å². The second-order valence-corrected chi connectivity index (χ2v) is 7.65. The van der Waals surface area contributed by atoms with Gasteiger partial charge in [0.05, 0.1) is 5.52 Å². The van der Waals surface area contributed by atoms with Gasteiger partial charge in [-0.2, -0.15) is 5.10 Å². The van der Waals surface area contributed by atoms with Gasteiger partial charge in [-0.3, -0.25) is 14.0 Å². The number of benzene rings is 1. The van der Waals surface area contributed by atoms with Crippen LogP contribution >= 0.6 is 11.6 Å². The molecule has 0 aliphatic rings. The van der Waals surface area contributed by atoms with E-state index in [9.17, 15) is 9.59 Å². The molecule has 4 aromatic rings. The van der Waals surface area contributed by atoms with Crippen LogP contribution in [-0.4, -0.2) is 20.1 Å².